The molecule has 0 amide bonds. The molecule has 80 valence electrons. The molecule has 0 aromatic heterocycles. The Hall–Kier alpha value is -0.240. The monoisotopic (exact) mass is 214 g/mol. The Morgan fingerprint density at radius 3 is 2.86 bits per heavy atom. The van der Waals surface area contributed by atoms with Crippen molar-refractivity contribution >= 4 is 11.8 Å². The molecule has 1 aliphatic carbocycles. The lowest BCUT2D eigenvalue weighted by Crippen LogP contribution is -2.30. The summed E-state index contributed by atoms with van der Waals surface area (Å²) in [5.74, 6) is 2.01. The van der Waals surface area contributed by atoms with E-state index in [2.05, 4.69) is 11.4 Å². The van der Waals surface area contributed by atoms with Crippen molar-refractivity contribution < 1.29 is 5.11 Å². The van der Waals surface area contributed by atoms with Gasteiger partial charge in [-0.3, -0.25) is 5.32 Å². The first-order chi connectivity index (χ1) is 6.86. The maximum Gasteiger partial charge on any atom is 0.0963 e. The summed E-state index contributed by atoms with van der Waals surface area (Å²) in [6.45, 7) is 0.273. The molecule has 0 aliphatic heterocycles. The van der Waals surface area contributed by atoms with Crippen molar-refractivity contribution in [3.05, 3.63) is 0 Å². The fourth-order valence-corrected chi connectivity index (χ4v) is 2.13. The van der Waals surface area contributed by atoms with E-state index in [1.807, 2.05) is 11.8 Å². The van der Waals surface area contributed by atoms with Gasteiger partial charge in [-0.25, -0.2) is 0 Å². The van der Waals surface area contributed by atoms with Crippen molar-refractivity contribution in [2.75, 3.05) is 18.1 Å². The van der Waals surface area contributed by atoms with Gasteiger partial charge in [-0.1, -0.05) is 0 Å². The molecular formula is C10H18N2OS. The normalized spacial score (nSPS) is 17.7. The number of hydrogen-bond acceptors (Lipinski definition) is 4. The van der Waals surface area contributed by atoms with Crippen molar-refractivity contribution in [2.45, 2.75) is 37.8 Å². The molecule has 0 bridgehead atoms. The first-order valence-corrected chi connectivity index (χ1v) is 6.36. The van der Waals surface area contributed by atoms with Crippen LogP contribution >= 0.6 is 11.8 Å². The van der Waals surface area contributed by atoms with E-state index in [1.165, 1.54) is 12.8 Å². The minimum Gasteiger partial charge on any atom is -0.396 e. The Bertz CT molecular complexity index is 189. The Morgan fingerprint density at radius 1 is 1.50 bits per heavy atom. The zero-order valence-corrected chi connectivity index (χ0v) is 9.22. The van der Waals surface area contributed by atoms with Crippen LogP contribution in [0, 0.1) is 11.3 Å². The summed E-state index contributed by atoms with van der Waals surface area (Å²) in [7, 11) is 0. The van der Waals surface area contributed by atoms with Gasteiger partial charge in [-0.15, -0.1) is 0 Å². The summed E-state index contributed by atoms with van der Waals surface area (Å²) >= 11 is 1.82. The molecule has 0 radical (unpaired) electrons. The number of aliphatic hydroxyl groups excluding tert-OH is 1. The molecule has 1 aliphatic rings. The number of aliphatic hydroxyl groups is 1. The number of nitrogens with one attached hydrogen (secondary N) is 1. The van der Waals surface area contributed by atoms with Gasteiger partial charge in [0.05, 0.1) is 12.1 Å². The van der Waals surface area contributed by atoms with Crippen LogP contribution in [-0.4, -0.2) is 35.3 Å². The number of nitriles is 1. The number of rotatable bonds is 8. The Morgan fingerprint density at radius 2 is 2.29 bits per heavy atom. The fourth-order valence-electron chi connectivity index (χ4n) is 1.19. The molecular weight excluding hydrogens is 196 g/mol. The zero-order valence-electron chi connectivity index (χ0n) is 8.41. The molecule has 3 nitrogen and oxygen atoms in total. The highest BCUT2D eigenvalue weighted by Gasteiger charge is 2.23. The highest BCUT2D eigenvalue weighted by Crippen LogP contribution is 2.20. The molecule has 0 aromatic rings. The third kappa shape index (κ3) is 5.48. The van der Waals surface area contributed by atoms with E-state index in [4.69, 9.17) is 10.4 Å². The lowest BCUT2D eigenvalue weighted by molar-refractivity contribution is 0.296. The maximum atomic E-state index is 8.84. The van der Waals surface area contributed by atoms with Gasteiger partial charge < -0.3 is 5.11 Å². The van der Waals surface area contributed by atoms with Crippen LogP contribution in [-0.2, 0) is 0 Å². The lowest BCUT2D eigenvalue weighted by Gasteiger charge is -2.09. The first-order valence-electron chi connectivity index (χ1n) is 5.21. The molecule has 1 fully saturated rings. The zero-order chi connectivity index (χ0) is 10.2. The van der Waals surface area contributed by atoms with E-state index in [0.717, 1.165) is 24.3 Å². The average molecular weight is 214 g/mol. The fraction of sp³-hybridized carbons (Fsp3) is 0.900. The summed E-state index contributed by atoms with van der Waals surface area (Å²) < 4.78 is 0. The summed E-state index contributed by atoms with van der Waals surface area (Å²) in [5, 5.41) is 20.7. The third-order valence-corrected chi connectivity index (χ3v) is 3.27. The van der Waals surface area contributed by atoms with Crippen molar-refractivity contribution in [3.63, 3.8) is 0 Å². The number of thioether (sulfide) groups is 1. The SMILES string of the molecule is N#CC(CCSCCCO)NC1CC1. The van der Waals surface area contributed by atoms with Crippen LogP contribution in [0.15, 0.2) is 0 Å². The molecule has 14 heavy (non-hydrogen) atoms. The summed E-state index contributed by atoms with van der Waals surface area (Å²) in [5.41, 5.74) is 0. The molecule has 1 unspecified atom stereocenters. The van der Waals surface area contributed by atoms with E-state index in [9.17, 15) is 0 Å². The van der Waals surface area contributed by atoms with Crippen LogP contribution in [0.5, 0.6) is 0 Å². The van der Waals surface area contributed by atoms with Gasteiger partial charge in [0.15, 0.2) is 0 Å². The smallest absolute Gasteiger partial charge is 0.0963 e. The van der Waals surface area contributed by atoms with Crippen LogP contribution in [0.4, 0.5) is 0 Å². The highest BCUT2D eigenvalue weighted by molar-refractivity contribution is 7.99. The molecule has 0 aromatic carbocycles. The van der Waals surface area contributed by atoms with Gasteiger partial charge in [-0.2, -0.15) is 17.0 Å². The number of nitrogens with zero attached hydrogens (tertiary/aromatic N) is 1. The third-order valence-electron chi connectivity index (χ3n) is 2.17. The van der Waals surface area contributed by atoms with E-state index in [0.29, 0.717) is 6.04 Å². The van der Waals surface area contributed by atoms with Gasteiger partial charge in [0.1, 0.15) is 0 Å². The molecule has 0 heterocycles. The predicted molar refractivity (Wildman–Crippen MR) is 59.2 cm³/mol. The van der Waals surface area contributed by atoms with Crippen molar-refractivity contribution in [1.29, 1.82) is 5.26 Å². The van der Waals surface area contributed by atoms with E-state index in [-0.39, 0.29) is 12.6 Å². The van der Waals surface area contributed by atoms with Gasteiger partial charge in [0, 0.05) is 12.6 Å². The van der Waals surface area contributed by atoms with Crippen molar-refractivity contribution in [1.82, 2.24) is 5.32 Å². The van der Waals surface area contributed by atoms with Gasteiger partial charge >= 0.3 is 0 Å². The van der Waals surface area contributed by atoms with Crippen molar-refractivity contribution in [2.24, 2.45) is 0 Å². The first kappa shape index (κ1) is 11.8. The van der Waals surface area contributed by atoms with Gasteiger partial charge in [0.25, 0.3) is 0 Å². The van der Waals surface area contributed by atoms with Crippen molar-refractivity contribution in [3.8, 4) is 6.07 Å². The Labute approximate surface area is 89.9 Å². The standard InChI is InChI=1S/C10H18N2OS/c11-8-10(12-9-2-3-9)4-7-14-6-1-5-13/h9-10,12-13H,1-7H2. The van der Waals surface area contributed by atoms with Gasteiger partial charge in [0.2, 0.25) is 0 Å². The summed E-state index contributed by atoms with van der Waals surface area (Å²) in [6, 6.07) is 2.94. The van der Waals surface area contributed by atoms with E-state index in [1.54, 1.807) is 0 Å². The summed E-state index contributed by atoms with van der Waals surface area (Å²) in [6.07, 6.45) is 4.24. The Balaban J connectivity index is 1.94. The summed E-state index contributed by atoms with van der Waals surface area (Å²) in [4.78, 5) is 0. The van der Waals surface area contributed by atoms with Gasteiger partial charge in [-0.05, 0) is 37.2 Å². The van der Waals surface area contributed by atoms with Crippen LogP contribution in [0.3, 0.4) is 0 Å². The predicted octanol–water partition coefficient (Wildman–Crippen LogP) is 1.14. The second-order valence-corrected chi connectivity index (χ2v) is 4.83. The van der Waals surface area contributed by atoms with Crippen LogP contribution in [0.1, 0.15) is 25.7 Å². The number of hydrogen-bond donors (Lipinski definition) is 2. The minimum atomic E-state index is 0.0316. The molecule has 4 heteroatoms. The maximum absolute atomic E-state index is 8.84. The molecule has 2 N–H and O–H groups in total. The largest absolute Gasteiger partial charge is 0.396 e. The lowest BCUT2D eigenvalue weighted by atomic mass is 10.2. The molecule has 1 rings (SSSR count). The second-order valence-electron chi connectivity index (χ2n) is 3.60. The Kier molecular flexibility index (Phi) is 6.00. The molecule has 0 saturated heterocycles. The second kappa shape index (κ2) is 7.10. The molecule has 1 saturated carbocycles. The van der Waals surface area contributed by atoms with Crippen LogP contribution in [0.2, 0.25) is 0 Å². The van der Waals surface area contributed by atoms with Crippen LogP contribution in [0.25, 0.3) is 0 Å². The quantitative estimate of drug-likeness (QED) is 0.595. The van der Waals surface area contributed by atoms with Crippen LogP contribution < -0.4 is 5.32 Å². The molecule has 1 atom stereocenters. The molecule has 0 spiro atoms. The van der Waals surface area contributed by atoms with E-state index < -0.39 is 0 Å². The average Bonchev–Trinajstić information content (AvgIpc) is 2.99. The minimum absolute atomic E-state index is 0.0316. The highest BCUT2D eigenvalue weighted by atomic mass is 32.2. The topological polar surface area (TPSA) is 56.0 Å². The van der Waals surface area contributed by atoms with E-state index >= 15 is 0 Å².